The number of amides is 1. The van der Waals surface area contributed by atoms with Crippen LogP contribution in [0.5, 0.6) is 0 Å². The van der Waals surface area contributed by atoms with E-state index in [0.29, 0.717) is 18.9 Å². The zero-order chi connectivity index (χ0) is 15.2. The molecule has 2 rings (SSSR count). The second-order valence-corrected chi connectivity index (χ2v) is 6.64. The van der Waals surface area contributed by atoms with Crippen LogP contribution in [0.2, 0.25) is 5.02 Å². The Hall–Kier alpha value is -1.39. The van der Waals surface area contributed by atoms with Gasteiger partial charge in [0.1, 0.15) is 5.01 Å². The molecular formula is C16H19ClN2OS. The van der Waals surface area contributed by atoms with Crippen molar-refractivity contribution in [3.8, 4) is 10.6 Å². The molecule has 0 aliphatic heterocycles. The number of nitrogens with zero attached hydrogens (tertiary/aromatic N) is 1. The summed E-state index contributed by atoms with van der Waals surface area (Å²) in [5.74, 6) is 0.499. The largest absolute Gasteiger partial charge is 0.356 e. The lowest BCUT2D eigenvalue weighted by atomic mass is 10.1. The van der Waals surface area contributed by atoms with Gasteiger partial charge in [-0.1, -0.05) is 37.6 Å². The van der Waals surface area contributed by atoms with Gasteiger partial charge in [-0.15, -0.1) is 11.3 Å². The minimum Gasteiger partial charge on any atom is -0.356 e. The standard InChI is InChI=1S/C16H19ClN2OS/c1-11(2)9-15(20)18-8-7-14-10-21-16(19-14)12-3-5-13(17)6-4-12/h3-6,10-11H,7-9H2,1-2H3,(H,18,20). The second-order valence-electron chi connectivity index (χ2n) is 5.35. The van der Waals surface area contributed by atoms with E-state index in [4.69, 9.17) is 11.6 Å². The number of carbonyl (C=O) groups is 1. The van der Waals surface area contributed by atoms with Crippen LogP contribution in [-0.4, -0.2) is 17.4 Å². The van der Waals surface area contributed by atoms with E-state index in [1.807, 2.05) is 43.5 Å². The molecule has 0 aliphatic carbocycles. The van der Waals surface area contributed by atoms with E-state index in [0.717, 1.165) is 27.7 Å². The lowest BCUT2D eigenvalue weighted by Crippen LogP contribution is -2.26. The van der Waals surface area contributed by atoms with Crippen molar-refractivity contribution in [3.63, 3.8) is 0 Å². The van der Waals surface area contributed by atoms with E-state index >= 15 is 0 Å². The van der Waals surface area contributed by atoms with Gasteiger partial charge in [0.05, 0.1) is 5.69 Å². The lowest BCUT2D eigenvalue weighted by Gasteiger charge is -2.05. The zero-order valence-electron chi connectivity index (χ0n) is 12.2. The minimum atomic E-state index is 0.109. The molecule has 1 N–H and O–H groups in total. The average molecular weight is 323 g/mol. The van der Waals surface area contributed by atoms with Gasteiger partial charge in [0.2, 0.25) is 5.91 Å². The van der Waals surface area contributed by atoms with E-state index in [-0.39, 0.29) is 5.91 Å². The van der Waals surface area contributed by atoms with Crippen LogP contribution in [-0.2, 0) is 11.2 Å². The van der Waals surface area contributed by atoms with E-state index in [1.54, 1.807) is 11.3 Å². The zero-order valence-corrected chi connectivity index (χ0v) is 13.8. The van der Waals surface area contributed by atoms with Crippen LogP contribution < -0.4 is 5.32 Å². The highest BCUT2D eigenvalue weighted by atomic mass is 35.5. The van der Waals surface area contributed by atoms with E-state index in [1.165, 1.54) is 0 Å². The molecule has 0 spiro atoms. The second kappa shape index (κ2) is 7.57. The fourth-order valence-corrected chi connectivity index (χ4v) is 2.91. The molecule has 112 valence electrons. The number of nitrogens with one attached hydrogen (secondary N) is 1. The normalized spacial score (nSPS) is 10.9. The third-order valence-corrected chi connectivity index (χ3v) is 4.13. The van der Waals surface area contributed by atoms with E-state index in [9.17, 15) is 4.79 Å². The summed E-state index contributed by atoms with van der Waals surface area (Å²) in [6, 6.07) is 7.67. The molecule has 1 aromatic heterocycles. The summed E-state index contributed by atoms with van der Waals surface area (Å²) in [5, 5.41) is 6.67. The maximum absolute atomic E-state index is 11.6. The molecule has 2 aromatic rings. The quantitative estimate of drug-likeness (QED) is 0.867. The van der Waals surface area contributed by atoms with Crippen molar-refractivity contribution in [2.75, 3.05) is 6.54 Å². The minimum absolute atomic E-state index is 0.109. The first-order valence-electron chi connectivity index (χ1n) is 7.01. The molecule has 5 heteroatoms. The van der Waals surface area contributed by atoms with Crippen molar-refractivity contribution >= 4 is 28.8 Å². The van der Waals surface area contributed by atoms with Gasteiger partial charge >= 0.3 is 0 Å². The Balaban J connectivity index is 1.86. The maximum atomic E-state index is 11.6. The molecule has 0 atom stereocenters. The van der Waals surface area contributed by atoms with Crippen molar-refractivity contribution in [2.24, 2.45) is 5.92 Å². The summed E-state index contributed by atoms with van der Waals surface area (Å²) >= 11 is 7.49. The van der Waals surface area contributed by atoms with Gasteiger partial charge in [0.25, 0.3) is 0 Å². The Bertz CT molecular complexity index is 593. The van der Waals surface area contributed by atoms with Crippen molar-refractivity contribution in [2.45, 2.75) is 26.7 Å². The summed E-state index contributed by atoms with van der Waals surface area (Å²) in [7, 11) is 0. The Kier molecular flexibility index (Phi) is 5.76. The van der Waals surface area contributed by atoms with Gasteiger partial charge in [-0.05, 0) is 18.1 Å². The topological polar surface area (TPSA) is 42.0 Å². The predicted molar refractivity (Wildman–Crippen MR) is 88.7 cm³/mol. The third kappa shape index (κ3) is 5.14. The Morgan fingerprint density at radius 3 is 2.71 bits per heavy atom. The number of hydrogen-bond donors (Lipinski definition) is 1. The maximum Gasteiger partial charge on any atom is 0.220 e. The van der Waals surface area contributed by atoms with Crippen LogP contribution in [0, 0.1) is 5.92 Å². The van der Waals surface area contributed by atoms with Crippen LogP contribution in [0.15, 0.2) is 29.6 Å². The molecule has 1 heterocycles. The summed E-state index contributed by atoms with van der Waals surface area (Å²) in [4.78, 5) is 16.2. The average Bonchev–Trinajstić information content (AvgIpc) is 2.87. The summed E-state index contributed by atoms with van der Waals surface area (Å²) < 4.78 is 0. The molecule has 0 fully saturated rings. The molecule has 0 unspecified atom stereocenters. The Labute approximate surface area is 134 Å². The molecule has 0 saturated carbocycles. The molecule has 3 nitrogen and oxygen atoms in total. The molecule has 0 saturated heterocycles. The van der Waals surface area contributed by atoms with E-state index < -0.39 is 0 Å². The molecule has 0 bridgehead atoms. The molecule has 0 radical (unpaired) electrons. The van der Waals surface area contributed by atoms with Gasteiger partial charge < -0.3 is 5.32 Å². The first kappa shape index (κ1) is 16.0. The Morgan fingerprint density at radius 2 is 2.05 bits per heavy atom. The summed E-state index contributed by atoms with van der Waals surface area (Å²) in [6.45, 7) is 4.71. The van der Waals surface area contributed by atoms with Crippen LogP contribution in [0.3, 0.4) is 0 Å². The number of aromatic nitrogens is 1. The smallest absolute Gasteiger partial charge is 0.220 e. The number of hydrogen-bond acceptors (Lipinski definition) is 3. The first-order valence-corrected chi connectivity index (χ1v) is 8.27. The fraction of sp³-hybridized carbons (Fsp3) is 0.375. The number of thiazole rings is 1. The SMILES string of the molecule is CC(C)CC(=O)NCCc1csc(-c2ccc(Cl)cc2)n1. The fourth-order valence-electron chi connectivity index (χ4n) is 1.92. The molecular weight excluding hydrogens is 304 g/mol. The number of carbonyl (C=O) groups excluding carboxylic acids is 1. The Morgan fingerprint density at radius 1 is 1.33 bits per heavy atom. The van der Waals surface area contributed by atoms with Crippen molar-refractivity contribution in [3.05, 3.63) is 40.4 Å². The summed E-state index contributed by atoms with van der Waals surface area (Å²) in [5.41, 5.74) is 2.08. The van der Waals surface area contributed by atoms with Crippen LogP contribution in [0.25, 0.3) is 10.6 Å². The van der Waals surface area contributed by atoms with E-state index in [2.05, 4.69) is 10.3 Å². The van der Waals surface area contributed by atoms with Gasteiger partial charge in [-0.3, -0.25) is 4.79 Å². The highest BCUT2D eigenvalue weighted by Gasteiger charge is 2.07. The highest BCUT2D eigenvalue weighted by molar-refractivity contribution is 7.13. The monoisotopic (exact) mass is 322 g/mol. The van der Waals surface area contributed by atoms with Gasteiger partial charge in [-0.2, -0.15) is 0 Å². The van der Waals surface area contributed by atoms with Gasteiger partial charge in [0, 0.05) is 35.4 Å². The van der Waals surface area contributed by atoms with Crippen LogP contribution in [0.4, 0.5) is 0 Å². The number of benzene rings is 1. The van der Waals surface area contributed by atoms with Crippen molar-refractivity contribution in [1.29, 1.82) is 0 Å². The van der Waals surface area contributed by atoms with Crippen molar-refractivity contribution < 1.29 is 4.79 Å². The van der Waals surface area contributed by atoms with Gasteiger partial charge in [-0.25, -0.2) is 4.98 Å². The molecule has 0 aliphatic rings. The number of halogens is 1. The lowest BCUT2D eigenvalue weighted by molar-refractivity contribution is -0.121. The summed E-state index contributed by atoms with van der Waals surface area (Å²) in [6.07, 6.45) is 1.33. The van der Waals surface area contributed by atoms with Crippen LogP contribution in [0.1, 0.15) is 26.0 Å². The molecule has 1 aromatic carbocycles. The predicted octanol–water partition coefficient (Wildman–Crippen LogP) is 4.17. The van der Waals surface area contributed by atoms with Crippen molar-refractivity contribution in [1.82, 2.24) is 10.3 Å². The number of rotatable bonds is 6. The molecule has 21 heavy (non-hydrogen) atoms. The highest BCUT2D eigenvalue weighted by Crippen LogP contribution is 2.25. The molecule has 1 amide bonds. The van der Waals surface area contributed by atoms with Gasteiger partial charge in [0.15, 0.2) is 0 Å². The first-order chi connectivity index (χ1) is 10.0. The third-order valence-electron chi connectivity index (χ3n) is 2.94. The van der Waals surface area contributed by atoms with Crippen LogP contribution >= 0.6 is 22.9 Å².